The van der Waals surface area contributed by atoms with Gasteiger partial charge >= 0.3 is 0 Å². The van der Waals surface area contributed by atoms with Crippen LogP contribution in [-0.4, -0.2) is 22.0 Å². The number of pyridine rings is 1. The molecule has 0 bridgehead atoms. The van der Waals surface area contributed by atoms with Gasteiger partial charge in [0.25, 0.3) is 11.8 Å². The summed E-state index contributed by atoms with van der Waals surface area (Å²) in [4.78, 5) is 28.5. The molecular formula is C18H15ClN4O3. The van der Waals surface area contributed by atoms with Crippen LogP contribution in [0, 0.1) is 6.92 Å². The van der Waals surface area contributed by atoms with Gasteiger partial charge in [-0.2, -0.15) is 0 Å². The summed E-state index contributed by atoms with van der Waals surface area (Å²) in [6, 6.07) is 10.3. The lowest BCUT2D eigenvalue weighted by molar-refractivity contribution is 0.0950. The lowest BCUT2D eigenvalue weighted by Crippen LogP contribution is -2.24. The number of benzene rings is 1. The number of amides is 2. The number of carbonyl (C=O) groups excluding carboxylic acids is 2. The van der Waals surface area contributed by atoms with Gasteiger partial charge in [0.05, 0.1) is 11.1 Å². The predicted molar refractivity (Wildman–Crippen MR) is 96.1 cm³/mol. The molecule has 0 aliphatic carbocycles. The molecule has 3 rings (SSSR count). The summed E-state index contributed by atoms with van der Waals surface area (Å²) in [5.41, 5.74) is 1.29. The minimum absolute atomic E-state index is 0.232. The minimum atomic E-state index is -0.438. The fourth-order valence-electron chi connectivity index (χ4n) is 2.22. The molecule has 2 amide bonds. The SMILES string of the molecule is Cc1cc(NC(=O)c2cncc(C(=O)NCc3ccccc3Cl)c2)no1. The van der Waals surface area contributed by atoms with Crippen molar-refractivity contribution in [2.75, 3.05) is 5.32 Å². The van der Waals surface area contributed by atoms with E-state index in [1.54, 1.807) is 19.1 Å². The molecule has 8 heteroatoms. The van der Waals surface area contributed by atoms with Crippen molar-refractivity contribution in [3.05, 3.63) is 76.3 Å². The van der Waals surface area contributed by atoms with Crippen LogP contribution >= 0.6 is 11.6 Å². The van der Waals surface area contributed by atoms with Gasteiger partial charge in [0.15, 0.2) is 5.82 Å². The quantitative estimate of drug-likeness (QED) is 0.718. The molecule has 2 heterocycles. The zero-order chi connectivity index (χ0) is 18.5. The van der Waals surface area contributed by atoms with Gasteiger partial charge in [-0.3, -0.25) is 14.6 Å². The fourth-order valence-corrected chi connectivity index (χ4v) is 2.42. The first kappa shape index (κ1) is 17.6. The van der Waals surface area contributed by atoms with Gasteiger partial charge in [-0.15, -0.1) is 0 Å². The van der Waals surface area contributed by atoms with Crippen LogP contribution in [0.2, 0.25) is 5.02 Å². The van der Waals surface area contributed by atoms with Crippen molar-refractivity contribution >= 4 is 29.2 Å². The van der Waals surface area contributed by atoms with Crippen LogP contribution in [0.15, 0.2) is 53.3 Å². The Bertz CT molecular complexity index is 955. The topological polar surface area (TPSA) is 97.1 Å². The Morgan fingerprint density at radius 1 is 1.12 bits per heavy atom. The summed E-state index contributed by atoms with van der Waals surface area (Å²) in [5.74, 6) is 0.0723. The van der Waals surface area contributed by atoms with Gasteiger partial charge in [0.2, 0.25) is 0 Å². The second kappa shape index (κ2) is 7.79. The molecule has 0 radical (unpaired) electrons. The summed E-state index contributed by atoms with van der Waals surface area (Å²) in [6.45, 7) is 1.99. The smallest absolute Gasteiger partial charge is 0.258 e. The zero-order valence-electron chi connectivity index (χ0n) is 13.8. The molecule has 0 aliphatic heterocycles. The molecule has 3 aromatic rings. The maximum atomic E-state index is 12.3. The van der Waals surface area contributed by atoms with Crippen molar-refractivity contribution in [3.8, 4) is 0 Å². The summed E-state index contributed by atoms with van der Waals surface area (Å²) in [5, 5.41) is 9.59. The maximum Gasteiger partial charge on any atom is 0.258 e. The number of nitrogens with zero attached hydrogens (tertiary/aromatic N) is 2. The number of aryl methyl sites for hydroxylation is 1. The highest BCUT2D eigenvalue weighted by Crippen LogP contribution is 2.15. The fraction of sp³-hybridized carbons (Fsp3) is 0.111. The Kier molecular flexibility index (Phi) is 5.28. The van der Waals surface area contributed by atoms with Crippen molar-refractivity contribution < 1.29 is 14.1 Å². The van der Waals surface area contributed by atoms with Gasteiger partial charge in [-0.1, -0.05) is 35.0 Å². The molecule has 0 atom stereocenters. The number of halogens is 1. The first-order chi connectivity index (χ1) is 12.5. The standard InChI is InChI=1S/C18H15ClN4O3/c1-11-6-16(23-26-11)22-18(25)14-7-13(8-20-9-14)17(24)21-10-12-4-2-3-5-15(12)19/h2-9H,10H2,1H3,(H,21,24)(H,22,23,25). The highest BCUT2D eigenvalue weighted by molar-refractivity contribution is 6.31. The van der Waals surface area contributed by atoms with E-state index in [2.05, 4.69) is 20.8 Å². The number of carbonyl (C=O) groups is 2. The van der Waals surface area contributed by atoms with E-state index in [-0.39, 0.29) is 23.6 Å². The zero-order valence-corrected chi connectivity index (χ0v) is 14.6. The van der Waals surface area contributed by atoms with Crippen molar-refractivity contribution in [1.82, 2.24) is 15.5 Å². The van der Waals surface area contributed by atoms with E-state index < -0.39 is 5.91 Å². The molecule has 0 fully saturated rings. The molecule has 2 N–H and O–H groups in total. The van der Waals surface area contributed by atoms with Gasteiger partial charge in [-0.25, -0.2) is 0 Å². The first-order valence-corrected chi connectivity index (χ1v) is 8.12. The van der Waals surface area contributed by atoms with Gasteiger partial charge in [0.1, 0.15) is 5.76 Å². The summed E-state index contributed by atoms with van der Waals surface area (Å²) in [6.07, 6.45) is 2.76. The number of hydrogen-bond acceptors (Lipinski definition) is 5. The van der Waals surface area contributed by atoms with E-state index in [1.807, 2.05) is 18.2 Å². The van der Waals surface area contributed by atoms with Crippen molar-refractivity contribution in [3.63, 3.8) is 0 Å². The monoisotopic (exact) mass is 370 g/mol. The Hall–Kier alpha value is -3.19. The van der Waals surface area contributed by atoms with Crippen LogP contribution in [-0.2, 0) is 6.54 Å². The minimum Gasteiger partial charge on any atom is -0.360 e. The third kappa shape index (κ3) is 4.25. The second-order valence-corrected chi connectivity index (χ2v) is 5.92. The molecule has 132 valence electrons. The Morgan fingerprint density at radius 2 is 1.85 bits per heavy atom. The average molecular weight is 371 g/mol. The molecule has 7 nitrogen and oxygen atoms in total. The first-order valence-electron chi connectivity index (χ1n) is 7.74. The molecule has 0 aliphatic rings. The third-order valence-corrected chi connectivity index (χ3v) is 3.90. The Balaban J connectivity index is 1.67. The maximum absolute atomic E-state index is 12.3. The lowest BCUT2D eigenvalue weighted by Gasteiger charge is -2.08. The number of aromatic nitrogens is 2. The summed E-state index contributed by atoms with van der Waals surface area (Å²) >= 11 is 6.07. The van der Waals surface area contributed by atoms with Gasteiger partial charge < -0.3 is 15.2 Å². The van der Waals surface area contributed by atoms with E-state index >= 15 is 0 Å². The van der Waals surface area contributed by atoms with Gasteiger partial charge in [-0.05, 0) is 24.6 Å². The number of nitrogens with one attached hydrogen (secondary N) is 2. The molecular weight excluding hydrogens is 356 g/mol. The summed E-state index contributed by atoms with van der Waals surface area (Å²) in [7, 11) is 0. The number of hydrogen-bond donors (Lipinski definition) is 2. The van der Waals surface area contributed by atoms with Crippen LogP contribution in [0.25, 0.3) is 0 Å². The highest BCUT2D eigenvalue weighted by Gasteiger charge is 2.13. The van der Waals surface area contributed by atoms with Crippen LogP contribution < -0.4 is 10.6 Å². The number of rotatable bonds is 5. The lowest BCUT2D eigenvalue weighted by atomic mass is 10.1. The van der Waals surface area contributed by atoms with E-state index in [4.69, 9.17) is 16.1 Å². The molecule has 0 spiro atoms. The van der Waals surface area contributed by atoms with Crippen LogP contribution in [0.5, 0.6) is 0 Å². The molecule has 0 unspecified atom stereocenters. The second-order valence-electron chi connectivity index (χ2n) is 5.51. The van der Waals surface area contributed by atoms with Crippen molar-refractivity contribution in [1.29, 1.82) is 0 Å². The average Bonchev–Trinajstić information content (AvgIpc) is 3.05. The molecule has 0 saturated heterocycles. The Morgan fingerprint density at radius 3 is 2.54 bits per heavy atom. The van der Waals surface area contributed by atoms with Crippen molar-refractivity contribution in [2.24, 2.45) is 0 Å². The van der Waals surface area contributed by atoms with Crippen LogP contribution in [0.4, 0.5) is 5.82 Å². The van der Waals surface area contributed by atoms with E-state index in [1.165, 1.54) is 18.5 Å². The highest BCUT2D eigenvalue weighted by atomic mass is 35.5. The molecule has 26 heavy (non-hydrogen) atoms. The van der Waals surface area contributed by atoms with E-state index in [0.29, 0.717) is 16.6 Å². The van der Waals surface area contributed by atoms with Crippen LogP contribution in [0.3, 0.4) is 0 Å². The van der Waals surface area contributed by atoms with Gasteiger partial charge in [0, 0.05) is 30.0 Å². The van der Waals surface area contributed by atoms with E-state index in [9.17, 15) is 9.59 Å². The number of anilines is 1. The molecule has 0 saturated carbocycles. The summed E-state index contributed by atoms with van der Waals surface area (Å²) < 4.78 is 4.89. The third-order valence-electron chi connectivity index (χ3n) is 3.53. The molecule has 1 aromatic carbocycles. The predicted octanol–water partition coefficient (Wildman–Crippen LogP) is 3.21. The van der Waals surface area contributed by atoms with Crippen molar-refractivity contribution in [2.45, 2.75) is 13.5 Å². The van der Waals surface area contributed by atoms with Crippen LogP contribution in [0.1, 0.15) is 32.0 Å². The molecule has 2 aromatic heterocycles. The largest absolute Gasteiger partial charge is 0.360 e. The normalized spacial score (nSPS) is 10.4. The Labute approximate surface area is 154 Å². The van der Waals surface area contributed by atoms with E-state index in [0.717, 1.165) is 5.56 Å².